The summed E-state index contributed by atoms with van der Waals surface area (Å²) in [7, 11) is -3.50. The Morgan fingerprint density at radius 1 is 0.963 bits per heavy atom. The van der Waals surface area contributed by atoms with Gasteiger partial charge in [0.2, 0.25) is 10.0 Å². The van der Waals surface area contributed by atoms with Crippen LogP contribution in [0.1, 0.15) is 31.7 Å². The van der Waals surface area contributed by atoms with Crippen LogP contribution >= 0.6 is 0 Å². The van der Waals surface area contributed by atoms with Crippen molar-refractivity contribution in [3.63, 3.8) is 0 Å². The molecule has 2 aromatic rings. The molecule has 1 N–H and O–H groups in total. The number of nitrogens with zero attached hydrogens (tertiary/aromatic N) is 1. The predicted octanol–water partition coefficient (Wildman–Crippen LogP) is 3.60. The van der Waals surface area contributed by atoms with Crippen molar-refractivity contribution < 1.29 is 13.2 Å². The Morgan fingerprint density at radius 3 is 2.26 bits per heavy atom. The molecule has 27 heavy (non-hydrogen) atoms. The van der Waals surface area contributed by atoms with Gasteiger partial charge >= 0.3 is 0 Å². The van der Waals surface area contributed by atoms with Gasteiger partial charge in [-0.25, -0.2) is 13.1 Å². The van der Waals surface area contributed by atoms with Gasteiger partial charge < -0.3 is 9.64 Å². The highest BCUT2D eigenvalue weighted by molar-refractivity contribution is 7.89. The zero-order valence-electron chi connectivity index (χ0n) is 15.9. The summed E-state index contributed by atoms with van der Waals surface area (Å²) in [5, 5.41) is 0. The second kappa shape index (κ2) is 9.24. The summed E-state index contributed by atoms with van der Waals surface area (Å²) in [5.74, 6) is 0.672. The minimum atomic E-state index is -3.50. The molecular weight excluding hydrogens is 360 g/mol. The first-order valence-electron chi connectivity index (χ1n) is 9.65. The third-order valence-electron chi connectivity index (χ3n) is 4.81. The summed E-state index contributed by atoms with van der Waals surface area (Å²) in [6.45, 7) is 5.08. The van der Waals surface area contributed by atoms with Gasteiger partial charge in [0.25, 0.3) is 0 Å². The van der Waals surface area contributed by atoms with Gasteiger partial charge in [-0.05, 0) is 74.6 Å². The van der Waals surface area contributed by atoms with Crippen LogP contribution in [-0.4, -0.2) is 34.7 Å². The number of rotatable bonds is 8. The van der Waals surface area contributed by atoms with Crippen LogP contribution in [0.2, 0.25) is 0 Å². The van der Waals surface area contributed by atoms with E-state index in [-0.39, 0.29) is 4.90 Å². The topological polar surface area (TPSA) is 58.6 Å². The van der Waals surface area contributed by atoms with Crippen molar-refractivity contribution in [2.45, 2.75) is 37.5 Å². The lowest BCUT2D eigenvalue weighted by molar-refractivity contribution is 0.340. The van der Waals surface area contributed by atoms with Crippen molar-refractivity contribution >= 4 is 15.7 Å². The molecule has 1 aliphatic rings. The summed E-state index contributed by atoms with van der Waals surface area (Å²) < 4.78 is 32.8. The molecule has 146 valence electrons. The Balaban J connectivity index is 1.52. The average molecular weight is 389 g/mol. The molecule has 0 unspecified atom stereocenters. The smallest absolute Gasteiger partial charge is 0.240 e. The molecule has 0 spiro atoms. The molecule has 6 heteroatoms. The Bertz CT molecular complexity index is 812. The minimum absolute atomic E-state index is 0.256. The number of sulfonamides is 1. The van der Waals surface area contributed by atoms with E-state index in [2.05, 4.69) is 33.9 Å². The molecule has 0 aromatic heterocycles. The maximum atomic E-state index is 12.4. The van der Waals surface area contributed by atoms with Crippen molar-refractivity contribution in [3.05, 3.63) is 54.1 Å². The average Bonchev–Trinajstić information content (AvgIpc) is 2.70. The van der Waals surface area contributed by atoms with Crippen molar-refractivity contribution in [1.82, 2.24) is 4.72 Å². The zero-order chi connectivity index (χ0) is 19.1. The summed E-state index contributed by atoms with van der Waals surface area (Å²) in [4.78, 5) is 2.67. The normalized spacial score (nSPS) is 14.9. The van der Waals surface area contributed by atoms with Gasteiger partial charge in [0.15, 0.2) is 0 Å². The van der Waals surface area contributed by atoms with E-state index in [4.69, 9.17) is 4.74 Å². The van der Waals surface area contributed by atoms with E-state index in [1.807, 2.05) is 6.92 Å². The number of hydrogen-bond acceptors (Lipinski definition) is 4. The second-order valence-corrected chi connectivity index (χ2v) is 8.53. The molecule has 0 saturated carbocycles. The van der Waals surface area contributed by atoms with E-state index < -0.39 is 10.0 Å². The van der Waals surface area contributed by atoms with E-state index >= 15 is 0 Å². The number of benzene rings is 2. The number of anilines is 1. The Labute approximate surface area is 162 Å². The first kappa shape index (κ1) is 19.7. The summed E-state index contributed by atoms with van der Waals surface area (Å²) in [5.41, 5.74) is 2.39. The number of nitrogens with one attached hydrogen (secondary N) is 1. The van der Waals surface area contributed by atoms with Gasteiger partial charge in [-0.15, -0.1) is 0 Å². The molecular formula is C21H28N2O3S. The highest BCUT2D eigenvalue weighted by Crippen LogP contribution is 2.20. The van der Waals surface area contributed by atoms with Crippen molar-refractivity contribution in [3.8, 4) is 5.75 Å². The van der Waals surface area contributed by atoms with Crippen LogP contribution in [0, 0.1) is 0 Å². The lowest BCUT2D eigenvalue weighted by Crippen LogP contribution is -2.29. The molecule has 0 aliphatic carbocycles. The number of piperidine rings is 1. The van der Waals surface area contributed by atoms with Gasteiger partial charge in [0.1, 0.15) is 5.75 Å². The minimum Gasteiger partial charge on any atom is -0.494 e. The van der Waals surface area contributed by atoms with E-state index in [0.717, 1.165) is 18.7 Å². The molecule has 0 bridgehead atoms. The van der Waals surface area contributed by atoms with Crippen LogP contribution in [0.4, 0.5) is 5.69 Å². The fourth-order valence-corrected chi connectivity index (χ4v) is 4.35. The van der Waals surface area contributed by atoms with E-state index in [9.17, 15) is 8.42 Å². The molecule has 5 nitrogen and oxygen atoms in total. The maximum absolute atomic E-state index is 12.4. The van der Waals surface area contributed by atoms with Crippen LogP contribution in [0.25, 0.3) is 0 Å². The first-order chi connectivity index (χ1) is 13.1. The summed E-state index contributed by atoms with van der Waals surface area (Å²) >= 11 is 0. The SMILES string of the molecule is CCOc1ccc(S(=O)(=O)NCCc2ccc(N3CCCCC3)cc2)cc1. The lowest BCUT2D eigenvalue weighted by atomic mass is 10.1. The summed E-state index contributed by atoms with van der Waals surface area (Å²) in [6, 6.07) is 15.0. The molecule has 0 atom stereocenters. The summed E-state index contributed by atoms with van der Waals surface area (Å²) in [6.07, 6.45) is 4.50. The highest BCUT2D eigenvalue weighted by Gasteiger charge is 2.14. The van der Waals surface area contributed by atoms with Gasteiger partial charge in [0.05, 0.1) is 11.5 Å². The van der Waals surface area contributed by atoms with Gasteiger partial charge in [-0.2, -0.15) is 0 Å². The maximum Gasteiger partial charge on any atom is 0.240 e. The van der Waals surface area contributed by atoms with Crippen LogP contribution in [0.5, 0.6) is 5.75 Å². The zero-order valence-corrected chi connectivity index (χ0v) is 16.7. The molecule has 1 saturated heterocycles. The van der Waals surface area contributed by atoms with Crippen LogP contribution < -0.4 is 14.4 Å². The molecule has 0 amide bonds. The lowest BCUT2D eigenvalue weighted by Gasteiger charge is -2.28. The monoisotopic (exact) mass is 388 g/mol. The van der Waals surface area contributed by atoms with Crippen molar-refractivity contribution in [2.24, 2.45) is 0 Å². The van der Waals surface area contributed by atoms with Crippen LogP contribution in [0.3, 0.4) is 0 Å². The first-order valence-corrected chi connectivity index (χ1v) is 11.1. The second-order valence-electron chi connectivity index (χ2n) is 6.77. The van der Waals surface area contributed by atoms with Crippen molar-refractivity contribution in [1.29, 1.82) is 0 Å². The third-order valence-corrected chi connectivity index (χ3v) is 6.29. The van der Waals surface area contributed by atoms with E-state index in [0.29, 0.717) is 25.3 Å². The Morgan fingerprint density at radius 2 is 1.63 bits per heavy atom. The Hall–Kier alpha value is -2.05. The van der Waals surface area contributed by atoms with E-state index in [1.54, 1.807) is 24.3 Å². The fraction of sp³-hybridized carbons (Fsp3) is 0.429. The molecule has 3 rings (SSSR count). The number of ether oxygens (including phenoxy) is 1. The third kappa shape index (κ3) is 5.47. The Kier molecular flexibility index (Phi) is 6.74. The molecule has 2 aromatic carbocycles. The predicted molar refractivity (Wildman–Crippen MR) is 109 cm³/mol. The van der Waals surface area contributed by atoms with Crippen LogP contribution in [-0.2, 0) is 16.4 Å². The van der Waals surface area contributed by atoms with E-state index in [1.165, 1.54) is 24.9 Å². The van der Waals surface area contributed by atoms with Gasteiger partial charge in [0, 0.05) is 25.3 Å². The fourth-order valence-electron chi connectivity index (χ4n) is 3.32. The molecule has 1 heterocycles. The quantitative estimate of drug-likeness (QED) is 0.751. The largest absolute Gasteiger partial charge is 0.494 e. The van der Waals surface area contributed by atoms with Gasteiger partial charge in [-0.3, -0.25) is 0 Å². The molecule has 1 aliphatic heterocycles. The molecule has 0 radical (unpaired) electrons. The van der Waals surface area contributed by atoms with Crippen LogP contribution in [0.15, 0.2) is 53.4 Å². The molecule has 1 fully saturated rings. The number of hydrogen-bond donors (Lipinski definition) is 1. The van der Waals surface area contributed by atoms with Gasteiger partial charge in [-0.1, -0.05) is 12.1 Å². The van der Waals surface area contributed by atoms with Crippen molar-refractivity contribution in [2.75, 3.05) is 31.1 Å². The standard InChI is InChI=1S/C21H28N2O3S/c1-2-26-20-10-12-21(13-11-20)27(24,25)22-15-14-18-6-8-19(9-7-18)23-16-4-3-5-17-23/h6-13,22H,2-5,14-17H2,1H3. The highest BCUT2D eigenvalue weighted by atomic mass is 32.2.